The molecule has 1 rings (SSSR count). The fourth-order valence-corrected chi connectivity index (χ4v) is 1.51. The van der Waals surface area contributed by atoms with Gasteiger partial charge in [-0.2, -0.15) is 0 Å². The maximum absolute atomic E-state index is 12.7. The predicted molar refractivity (Wildman–Crippen MR) is 65.5 cm³/mol. The Balaban J connectivity index is 0.00000106. The summed E-state index contributed by atoms with van der Waals surface area (Å²) in [5.74, 6) is 1.94. The summed E-state index contributed by atoms with van der Waals surface area (Å²) in [5, 5.41) is 0. The van der Waals surface area contributed by atoms with Crippen molar-refractivity contribution in [2.45, 2.75) is 40.0 Å². The lowest BCUT2D eigenvalue weighted by atomic mass is 9.89. The summed E-state index contributed by atoms with van der Waals surface area (Å²) >= 11 is 0. The van der Waals surface area contributed by atoms with Crippen LogP contribution in [0.25, 0.3) is 0 Å². The standard InChI is InChI=1S/C12H13FO.C2H6/c1-3-12(14)8-9(2)10-4-6-11(13)7-5-10;1-2/h1,4,6,9H,5,7-8H2,2H3;1-2H3. The molecular formula is C14H19FO. The number of allylic oxidation sites excluding steroid dienone is 4. The summed E-state index contributed by atoms with van der Waals surface area (Å²) in [6, 6.07) is 0. The van der Waals surface area contributed by atoms with Crippen molar-refractivity contribution in [2.75, 3.05) is 0 Å². The average Bonchev–Trinajstić information content (AvgIpc) is 2.32. The van der Waals surface area contributed by atoms with Gasteiger partial charge in [0.15, 0.2) is 0 Å². The molecule has 0 fully saturated rings. The molecule has 0 aromatic carbocycles. The lowest BCUT2D eigenvalue weighted by molar-refractivity contribution is -0.114. The number of hydrogen-bond donors (Lipinski definition) is 0. The first-order valence-corrected chi connectivity index (χ1v) is 5.68. The van der Waals surface area contributed by atoms with Gasteiger partial charge in [0.1, 0.15) is 5.83 Å². The Morgan fingerprint density at radius 2 is 2.12 bits per heavy atom. The Hall–Kier alpha value is -1.36. The van der Waals surface area contributed by atoms with Gasteiger partial charge < -0.3 is 0 Å². The van der Waals surface area contributed by atoms with Gasteiger partial charge in [-0.25, -0.2) is 4.39 Å². The summed E-state index contributed by atoms with van der Waals surface area (Å²) < 4.78 is 12.7. The highest BCUT2D eigenvalue weighted by molar-refractivity contribution is 5.95. The largest absolute Gasteiger partial charge is 0.285 e. The number of terminal acetylenes is 1. The smallest absolute Gasteiger partial charge is 0.205 e. The van der Waals surface area contributed by atoms with E-state index in [9.17, 15) is 9.18 Å². The molecule has 0 aromatic heterocycles. The fourth-order valence-electron chi connectivity index (χ4n) is 1.51. The molecule has 0 saturated heterocycles. The van der Waals surface area contributed by atoms with Gasteiger partial charge in [0.2, 0.25) is 5.78 Å². The molecular weight excluding hydrogens is 203 g/mol. The van der Waals surface area contributed by atoms with Gasteiger partial charge in [-0.1, -0.05) is 32.4 Å². The van der Waals surface area contributed by atoms with E-state index in [1.165, 1.54) is 6.08 Å². The highest BCUT2D eigenvalue weighted by Crippen LogP contribution is 2.26. The molecule has 0 saturated carbocycles. The van der Waals surface area contributed by atoms with Crippen molar-refractivity contribution in [1.82, 2.24) is 0 Å². The Labute approximate surface area is 97.4 Å². The van der Waals surface area contributed by atoms with Crippen molar-refractivity contribution < 1.29 is 9.18 Å². The van der Waals surface area contributed by atoms with Crippen molar-refractivity contribution in [3.8, 4) is 12.3 Å². The predicted octanol–water partition coefficient (Wildman–Crippen LogP) is 3.81. The maximum atomic E-state index is 12.7. The first-order chi connectivity index (χ1) is 7.63. The Bertz CT molecular complexity index is 331. The molecule has 1 aliphatic rings. The molecule has 1 aliphatic carbocycles. The van der Waals surface area contributed by atoms with Crippen LogP contribution in [0.15, 0.2) is 23.6 Å². The molecule has 16 heavy (non-hydrogen) atoms. The minimum absolute atomic E-state index is 0.0933. The third-order valence-corrected chi connectivity index (χ3v) is 2.42. The van der Waals surface area contributed by atoms with E-state index in [0.717, 1.165) is 5.57 Å². The van der Waals surface area contributed by atoms with E-state index >= 15 is 0 Å². The van der Waals surface area contributed by atoms with E-state index in [2.05, 4.69) is 5.92 Å². The molecule has 1 atom stereocenters. The van der Waals surface area contributed by atoms with E-state index in [1.54, 1.807) is 6.08 Å². The van der Waals surface area contributed by atoms with Crippen molar-refractivity contribution in [2.24, 2.45) is 5.92 Å². The summed E-state index contributed by atoms with van der Waals surface area (Å²) in [5.41, 5.74) is 1.11. The van der Waals surface area contributed by atoms with Gasteiger partial charge in [-0.3, -0.25) is 4.79 Å². The van der Waals surface area contributed by atoms with Crippen LogP contribution < -0.4 is 0 Å². The van der Waals surface area contributed by atoms with Crippen LogP contribution in [0.1, 0.15) is 40.0 Å². The van der Waals surface area contributed by atoms with Crippen LogP contribution in [0.4, 0.5) is 4.39 Å². The molecule has 0 spiro atoms. The molecule has 88 valence electrons. The van der Waals surface area contributed by atoms with Crippen molar-refractivity contribution in [1.29, 1.82) is 0 Å². The number of rotatable bonds is 3. The molecule has 1 unspecified atom stereocenters. The van der Waals surface area contributed by atoms with Crippen molar-refractivity contribution >= 4 is 5.78 Å². The van der Waals surface area contributed by atoms with Crippen molar-refractivity contribution in [3.63, 3.8) is 0 Å². The number of halogens is 1. The molecule has 0 N–H and O–H groups in total. The lowest BCUT2D eigenvalue weighted by Gasteiger charge is -2.16. The van der Waals surface area contributed by atoms with E-state index in [1.807, 2.05) is 20.8 Å². The van der Waals surface area contributed by atoms with Crippen LogP contribution in [0.2, 0.25) is 0 Å². The Kier molecular flexibility index (Phi) is 7.20. The molecule has 0 amide bonds. The number of carbonyl (C=O) groups excluding carboxylic acids is 1. The SMILES string of the molecule is C#CC(=O)CC(C)C1=CC=C(F)CC1.CC. The molecule has 0 aliphatic heterocycles. The second-order valence-corrected chi connectivity index (χ2v) is 3.53. The zero-order valence-corrected chi connectivity index (χ0v) is 10.2. The molecule has 0 radical (unpaired) electrons. The van der Waals surface area contributed by atoms with Gasteiger partial charge in [0, 0.05) is 12.8 Å². The highest BCUT2D eigenvalue weighted by atomic mass is 19.1. The highest BCUT2D eigenvalue weighted by Gasteiger charge is 2.14. The third kappa shape index (κ3) is 4.93. The lowest BCUT2D eigenvalue weighted by Crippen LogP contribution is -2.07. The van der Waals surface area contributed by atoms with Crippen LogP contribution in [-0.2, 0) is 4.79 Å². The normalized spacial score (nSPS) is 15.9. The molecule has 0 heterocycles. The van der Waals surface area contributed by atoms with Crippen LogP contribution in [0.5, 0.6) is 0 Å². The molecule has 2 heteroatoms. The number of Topliss-reactive ketones (excluding diaryl/α,β-unsaturated/α-hetero) is 1. The maximum Gasteiger partial charge on any atom is 0.205 e. The van der Waals surface area contributed by atoms with Crippen molar-refractivity contribution in [3.05, 3.63) is 23.6 Å². The molecule has 1 nitrogen and oxygen atoms in total. The molecule has 0 aromatic rings. The zero-order chi connectivity index (χ0) is 12.6. The van der Waals surface area contributed by atoms with Gasteiger partial charge in [-0.05, 0) is 24.3 Å². The fraction of sp³-hybridized carbons (Fsp3) is 0.500. The summed E-state index contributed by atoms with van der Waals surface area (Å²) in [4.78, 5) is 11.0. The van der Waals surface area contributed by atoms with Crippen LogP contribution in [-0.4, -0.2) is 5.78 Å². The second kappa shape index (κ2) is 7.87. The van der Waals surface area contributed by atoms with E-state index < -0.39 is 0 Å². The van der Waals surface area contributed by atoms with Crippen LogP contribution >= 0.6 is 0 Å². The number of hydrogen-bond acceptors (Lipinski definition) is 1. The summed E-state index contributed by atoms with van der Waals surface area (Å²) in [7, 11) is 0. The summed E-state index contributed by atoms with van der Waals surface area (Å²) in [6.07, 6.45) is 9.71. The monoisotopic (exact) mass is 222 g/mol. The minimum atomic E-state index is -0.187. The van der Waals surface area contributed by atoms with Gasteiger partial charge in [0.25, 0.3) is 0 Å². The third-order valence-electron chi connectivity index (χ3n) is 2.42. The first-order valence-electron chi connectivity index (χ1n) is 5.68. The van der Waals surface area contributed by atoms with Crippen LogP contribution in [0.3, 0.4) is 0 Å². The van der Waals surface area contributed by atoms with Gasteiger partial charge in [-0.15, -0.1) is 6.42 Å². The minimum Gasteiger partial charge on any atom is -0.285 e. The van der Waals surface area contributed by atoms with Gasteiger partial charge in [0.05, 0.1) is 0 Å². The first kappa shape index (κ1) is 14.6. The Morgan fingerprint density at radius 1 is 1.50 bits per heavy atom. The number of carbonyl (C=O) groups is 1. The average molecular weight is 222 g/mol. The zero-order valence-electron chi connectivity index (χ0n) is 10.2. The Morgan fingerprint density at radius 3 is 2.56 bits per heavy atom. The van der Waals surface area contributed by atoms with Crippen LogP contribution in [0, 0.1) is 18.3 Å². The van der Waals surface area contributed by atoms with E-state index in [4.69, 9.17) is 6.42 Å². The summed E-state index contributed by atoms with van der Waals surface area (Å²) in [6.45, 7) is 5.94. The van der Waals surface area contributed by atoms with Gasteiger partial charge >= 0.3 is 0 Å². The van der Waals surface area contributed by atoms with E-state index in [-0.39, 0.29) is 17.5 Å². The quantitative estimate of drug-likeness (QED) is 0.524. The molecule has 0 bridgehead atoms. The topological polar surface area (TPSA) is 17.1 Å². The second-order valence-electron chi connectivity index (χ2n) is 3.53. The number of ketones is 1. The van der Waals surface area contributed by atoms with E-state index in [0.29, 0.717) is 19.3 Å².